The molecule has 2 aromatic carbocycles. The minimum Gasteiger partial charge on any atom is -0.478 e. The molecule has 3 aromatic rings. The van der Waals surface area contributed by atoms with Crippen LogP contribution >= 0.6 is 0 Å². The summed E-state index contributed by atoms with van der Waals surface area (Å²) in [6.07, 6.45) is 0. The van der Waals surface area contributed by atoms with Crippen LogP contribution < -0.4 is 14.8 Å². The standard InChI is InChI=1S/C19H15N3O4/c1-11-8-17(21-14-5-3-2-4-13(14)19(23)24)22-18(20-11)12-6-7-15-16(9-12)26-10-25-15/h2-9H,10H2,1H3,(H,23,24)(H,20,21,22). The van der Waals surface area contributed by atoms with Crippen molar-refractivity contribution < 1.29 is 19.4 Å². The maximum Gasteiger partial charge on any atom is 0.337 e. The minimum atomic E-state index is -1.00. The quantitative estimate of drug-likeness (QED) is 0.743. The Hall–Kier alpha value is -3.61. The predicted octanol–water partition coefficient (Wildman–Crippen LogP) is 3.62. The highest BCUT2D eigenvalue weighted by molar-refractivity contribution is 5.95. The molecular formula is C19H15N3O4. The zero-order chi connectivity index (χ0) is 18.1. The first-order valence-corrected chi connectivity index (χ1v) is 7.95. The number of nitrogens with zero attached hydrogens (tertiary/aromatic N) is 2. The van der Waals surface area contributed by atoms with E-state index in [1.807, 2.05) is 25.1 Å². The van der Waals surface area contributed by atoms with Crippen molar-refractivity contribution in [1.82, 2.24) is 9.97 Å². The molecule has 1 aromatic heterocycles. The van der Waals surface area contributed by atoms with E-state index in [1.54, 1.807) is 24.3 Å². The highest BCUT2D eigenvalue weighted by Crippen LogP contribution is 2.35. The molecule has 1 aliphatic rings. The number of carbonyl (C=O) groups is 1. The summed E-state index contributed by atoms with van der Waals surface area (Å²) in [5, 5.41) is 12.4. The lowest BCUT2D eigenvalue weighted by molar-refractivity contribution is 0.0698. The smallest absolute Gasteiger partial charge is 0.337 e. The monoisotopic (exact) mass is 349 g/mol. The molecule has 0 amide bonds. The molecule has 0 unspecified atom stereocenters. The second-order valence-corrected chi connectivity index (χ2v) is 5.76. The van der Waals surface area contributed by atoms with Crippen LogP contribution in [0.5, 0.6) is 11.5 Å². The number of aromatic carboxylic acids is 1. The molecule has 26 heavy (non-hydrogen) atoms. The molecule has 2 N–H and O–H groups in total. The number of para-hydroxylation sites is 1. The van der Waals surface area contributed by atoms with Gasteiger partial charge in [-0.1, -0.05) is 12.1 Å². The van der Waals surface area contributed by atoms with Crippen LogP contribution in [0.3, 0.4) is 0 Å². The molecule has 0 saturated carbocycles. The average molecular weight is 349 g/mol. The summed E-state index contributed by atoms with van der Waals surface area (Å²) in [5.74, 6) is 1.36. The molecule has 130 valence electrons. The van der Waals surface area contributed by atoms with Crippen LogP contribution in [0.25, 0.3) is 11.4 Å². The summed E-state index contributed by atoms with van der Waals surface area (Å²) >= 11 is 0. The van der Waals surface area contributed by atoms with Gasteiger partial charge < -0.3 is 19.9 Å². The third-order valence-corrected chi connectivity index (χ3v) is 3.91. The number of anilines is 2. The number of fused-ring (bicyclic) bond motifs is 1. The molecule has 0 fully saturated rings. The molecule has 0 atom stereocenters. The summed E-state index contributed by atoms with van der Waals surface area (Å²) in [7, 11) is 0. The van der Waals surface area contributed by atoms with Gasteiger partial charge >= 0.3 is 5.97 Å². The van der Waals surface area contributed by atoms with E-state index >= 15 is 0 Å². The largest absolute Gasteiger partial charge is 0.478 e. The number of hydrogen-bond donors (Lipinski definition) is 2. The molecule has 0 saturated heterocycles. The molecule has 4 rings (SSSR count). The maximum atomic E-state index is 11.4. The fourth-order valence-electron chi connectivity index (χ4n) is 2.71. The Morgan fingerprint density at radius 2 is 1.88 bits per heavy atom. The van der Waals surface area contributed by atoms with Crippen molar-refractivity contribution in [3.63, 3.8) is 0 Å². The Balaban J connectivity index is 1.70. The van der Waals surface area contributed by atoms with Crippen LogP contribution in [0, 0.1) is 6.92 Å². The lowest BCUT2D eigenvalue weighted by Crippen LogP contribution is -2.04. The third kappa shape index (κ3) is 3.02. The van der Waals surface area contributed by atoms with Crippen molar-refractivity contribution in [3.05, 3.63) is 59.8 Å². The van der Waals surface area contributed by atoms with E-state index in [1.165, 1.54) is 6.07 Å². The Morgan fingerprint density at radius 3 is 2.73 bits per heavy atom. The molecule has 0 radical (unpaired) electrons. The van der Waals surface area contributed by atoms with Gasteiger partial charge in [-0.25, -0.2) is 14.8 Å². The number of hydrogen-bond acceptors (Lipinski definition) is 6. The zero-order valence-corrected chi connectivity index (χ0v) is 13.9. The summed E-state index contributed by atoms with van der Waals surface area (Å²) < 4.78 is 10.7. The summed E-state index contributed by atoms with van der Waals surface area (Å²) in [6.45, 7) is 2.05. The van der Waals surface area contributed by atoms with Gasteiger partial charge in [0, 0.05) is 17.3 Å². The second-order valence-electron chi connectivity index (χ2n) is 5.76. The van der Waals surface area contributed by atoms with Crippen molar-refractivity contribution in [1.29, 1.82) is 0 Å². The van der Waals surface area contributed by atoms with Crippen LogP contribution in [0.1, 0.15) is 16.1 Å². The van der Waals surface area contributed by atoms with Gasteiger partial charge in [-0.15, -0.1) is 0 Å². The number of carboxylic acids is 1. The summed E-state index contributed by atoms with van der Waals surface area (Å²) in [4.78, 5) is 20.4. The average Bonchev–Trinajstić information content (AvgIpc) is 3.09. The van der Waals surface area contributed by atoms with Crippen LogP contribution in [0.4, 0.5) is 11.5 Å². The number of aromatic nitrogens is 2. The van der Waals surface area contributed by atoms with Crippen molar-refractivity contribution in [2.45, 2.75) is 6.92 Å². The molecule has 0 aliphatic carbocycles. The predicted molar refractivity (Wildman–Crippen MR) is 95.0 cm³/mol. The summed E-state index contributed by atoms with van der Waals surface area (Å²) in [5.41, 5.74) is 2.18. The number of ether oxygens (including phenoxy) is 2. The number of aryl methyl sites for hydroxylation is 1. The number of nitrogens with one attached hydrogen (secondary N) is 1. The van der Waals surface area contributed by atoms with Gasteiger partial charge in [0.1, 0.15) is 5.82 Å². The van der Waals surface area contributed by atoms with Crippen LogP contribution in [0.15, 0.2) is 48.5 Å². The molecule has 0 spiro atoms. The van der Waals surface area contributed by atoms with E-state index in [0.29, 0.717) is 28.8 Å². The Labute approximate surface area is 149 Å². The molecule has 7 heteroatoms. The fourth-order valence-corrected chi connectivity index (χ4v) is 2.71. The lowest BCUT2D eigenvalue weighted by atomic mass is 10.1. The minimum absolute atomic E-state index is 0.174. The number of benzene rings is 2. The van der Waals surface area contributed by atoms with E-state index in [9.17, 15) is 9.90 Å². The molecule has 1 aliphatic heterocycles. The maximum absolute atomic E-state index is 11.4. The van der Waals surface area contributed by atoms with Crippen LogP contribution in [-0.4, -0.2) is 27.8 Å². The van der Waals surface area contributed by atoms with Crippen LogP contribution in [-0.2, 0) is 0 Å². The van der Waals surface area contributed by atoms with Crippen molar-refractivity contribution >= 4 is 17.5 Å². The van der Waals surface area contributed by atoms with E-state index in [2.05, 4.69) is 15.3 Å². The van der Waals surface area contributed by atoms with E-state index < -0.39 is 5.97 Å². The van der Waals surface area contributed by atoms with Crippen molar-refractivity contribution in [3.8, 4) is 22.9 Å². The third-order valence-electron chi connectivity index (χ3n) is 3.91. The second kappa shape index (κ2) is 6.36. The van der Waals surface area contributed by atoms with E-state index in [4.69, 9.17) is 9.47 Å². The van der Waals surface area contributed by atoms with Gasteiger partial charge in [0.15, 0.2) is 17.3 Å². The normalized spacial score (nSPS) is 12.0. The Morgan fingerprint density at radius 1 is 1.08 bits per heavy atom. The molecule has 0 bridgehead atoms. The number of rotatable bonds is 4. The van der Waals surface area contributed by atoms with Gasteiger partial charge in [-0.05, 0) is 37.3 Å². The summed E-state index contributed by atoms with van der Waals surface area (Å²) in [6, 6.07) is 13.9. The molecular weight excluding hydrogens is 334 g/mol. The first-order chi connectivity index (χ1) is 12.6. The van der Waals surface area contributed by atoms with Crippen molar-refractivity contribution in [2.75, 3.05) is 12.1 Å². The van der Waals surface area contributed by atoms with Gasteiger partial charge in [0.25, 0.3) is 0 Å². The topological polar surface area (TPSA) is 93.6 Å². The van der Waals surface area contributed by atoms with Crippen LogP contribution in [0.2, 0.25) is 0 Å². The number of carboxylic acid groups (broad SMARTS) is 1. The SMILES string of the molecule is Cc1cc(Nc2ccccc2C(=O)O)nc(-c2ccc3c(c2)OCO3)n1. The van der Waals surface area contributed by atoms with Gasteiger partial charge in [0.2, 0.25) is 6.79 Å². The highest BCUT2D eigenvalue weighted by atomic mass is 16.7. The Bertz CT molecular complexity index is 1000. The van der Waals surface area contributed by atoms with E-state index in [0.717, 1.165) is 11.3 Å². The first-order valence-electron chi connectivity index (χ1n) is 7.95. The van der Waals surface area contributed by atoms with Crippen molar-refractivity contribution in [2.24, 2.45) is 0 Å². The lowest BCUT2D eigenvalue weighted by Gasteiger charge is -2.11. The van der Waals surface area contributed by atoms with Gasteiger partial charge in [0.05, 0.1) is 11.3 Å². The van der Waals surface area contributed by atoms with Gasteiger partial charge in [-0.3, -0.25) is 0 Å². The van der Waals surface area contributed by atoms with Gasteiger partial charge in [-0.2, -0.15) is 0 Å². The zero-order valence-electron chi connectivity index (χ0n) is 13.9. The highest BCUT2D eigenvalue weighted by Gasteiger charge is 2.16. The first kappa shape index (κ1) is 15.9. The Kier molecular flexibility index (Phi) is 3.89. The van der Waals surface area contributed by atoms with E-state index in [-0.39, 0.29) is 12.4 Å². The molecule has 2 heterocycles. The fraction of sp³-hybridized carbons (Fsp3) is 0.105. The molecule has 7 nitrogen and oxygen atoms in total.